The van der Waals surface area contributed by atoms with Gasteiger partial charge in [-0.3, -0.25) is 9.48 Å². The molecule has 1 unspecified atom stereocenters. The third kappa shape index (κ3) is 4.09. The second-order valence-electron chi connectivity index (χ2n) is 6.35. The summed E-state index contributed by atoms with van der Waals surface area (Å²) in [5, 5.41) is 7.51. The van der Waals surface area contributed by atoms with Crippen molar-refractivity contribution in [2.24, 2.45) is 7.05 Å². The van der Waals surface area contributed by atoms with Crippen molar-refractivity contribution in [3.05, 3.63) is 47.8 Å². The number of carbonyl (C=O) groups excluding carboxylic acids is 1. The van der Waals surface area contributed by atoms with Gasteiger partial charge in [-0.25, -0.2) is 0 Å². The maximum absolute atomic E-state index is 12.5. The van der Waals surface area contributed by atoms with E-state index in [4.69, 9.17) is 4.74 Å². The fourth-order valence-electron chi connectivity index (χ4n) is 2.99. The van der Waals surface area contributed by atoms with E-state index in [2.05, 4.69) is 23.4 Å². The first-order valence-corrected chi connectivity index (χ1v) is 8.41. The van der Waals surface area contributed by atoms with E-state index in [1.54, 1.807) is 22.9 Å². The Morgan fingerprint density at radius 1 is 1.40 bits per heavy atom. The first kappa shape index (κ1) is 17.2. The molecule has 1 aromatic carbocycles. The molecule has 1 atom stereocenters. The molecular formula is C19H24N4O2. The number of carbonyl (C=O) groups is 1. The Morgan fingerprint density at radius 3 is 2.80 bits per heavy atom. The summed E-state index contributed by atoms with van der Waals surface area (Å²) >= 11 is 0. The zero-order valence-corrected chi connectivity index (χ0v) is 14.9. The molecule has 0 spiro atoms. The number of rotatable bonds is 6. The summed E-state index contributed by atoms with van der Waals surface area (Å²) in [5.74, 6) is 0.963. The molecule has 1 N–H and O–H groups in total. The van der Waals surface area contributed by atoms with Crippen LogP contribution in [0.15, 0.2) is 42.2 Å². The number of hydrogen-bond donors (Lipinski definition) is 1. The van der Waals surface area contributed by atoms with Crippen LogP contribution in [-0.4, -0.2) is 41.9 Å². The average molecular weight is 340 g/mol. The molecule has 3 rings (SSSR count). The zero-order valence-electron chi connectivity index (χ0n) is 14.9. The van der Waals surface area contributed by atoms with Gasteiger partial charge in [0.25, 0.3) is 0 Å². The maximum atomic E-state index is 12.5. The number of aromatic nitrogens is 2. The summed E-state index contributed by atoms with van der Waals surface area (Å²) in [6.45, 7) is 3.47. The van der Waals surface area contributed by atoms with Gasteiger partial charge in [0.05, 0.1) is 25.0 Å². The number of nitrogens with one attached hydrogen (secondary N) is 1. The minimum Gasteiger partial charge on any atom is -0.497 e. The Hall–Kier alpha value is -2.60. The van der Waals surface area contributed by atoms with Crippen molar-refractivity contribution in [1.82, 2.24) is 15.1 Å². The van der Waals surface area contributed by atoms with Crippen molar-refractivity contribution in [1.29, 1.82) is 0 Å². The van der Waals surface area contributed by atoms with Crippen LogP contribution in [0, 0.1) is 0 Å². The molecule has 25 heavy (non-hydrogen) atoms. The van der Waals surface area contributed by atoms with Gasteiger partial charge >= 0.3 is 0 Å². The number of methoxy groups -OCH3 is 1. The predicted molar refractivity (Wildman–Crippen MR) is 98.6 cm³/mol. The van der Waals surface area contributed by atoms with Gasteiger partial charge in [0.2, 0.25) is 5.91 Å². The minimum atomic E-state index is -0.139. The quantitative estimate of drug-likeness (QED) is 0.876. The summed E-state index contributed by atoms with van der Waals surface area (Å²) in [6, 6.07) is 7.79. The first-order chi connectivity index (χ1) is 12.1. The Labute approximate surface area is 148 Å². The Balaban J connectivity index is 1.56. The molecule has 1 aliphatic rings. The molecule has 1 fully saturated rings. The molecule has 1 amide bonds. The van der Waals surface area contributed by atoms with Crippen LogP contribution in [0.4, 0.5) is 5.69 Å². The van der Waals surface area contributed by atoms with Crippen molar-refractivity contribution in [2.45, 2.75) is 19.4 Å². The van der Waals surface area contributed by atoms with Gasteiger partial charge in [-0.15, -0.1) is 0 Å². The fraction of sp³-hybridized carbons (Fsp3) is 0.368. The predicted octanol–water partition coefficient (Wildman–Crippen LogP) is 2.23. The number of benzene rings is 1. The molecule has 0 radical (unpaired) electrons. The third-order valence-corrected chi connectivity index (χ3v) is 4.36. The SMILES string of the molecule is COc1ccc(/C=C(/C)CNC2CCN(c3cnn(C)c3)C2=O)cc1. The van der Waals surface area contributed by atoms with Gasteiger partial charge in [0.15, 0.2) is 0 Å². The second-order valence-corrected chi connectivity index (χ2v) is 6.35. The van der Waals surface area contributed by atoms with E-state index >= 15 is 0 Å². The minimum absolute atomic E-state index is 0.116. The molecule has 0 saturated carbocycles. The van der Waals surface area contributed by atoms with Crippen molar-refractivity contribution in [3.8, 4) is 5.75 Å². The molecular weight excluding hydrogens is 316 g/mol. The van der Waals surface area contributed by atoms with Gasteiger partial charge < -0.3 is 15.0 Å². The molecule has 1 aromatic heterocycles. The summed E-state index contributed by atoms with van der Waals surface area (Å²) in [6.07, 6.45) is 6.53. The lowest BCUT2D eigenvalue weighted by Gasteiger charge is -2.15. The van der Waals surface area contributed by atoms with Crippen LogP contribution in [0.2, 0.25) is 0 Å². The highest BCUT2D eigenvalue weighted by Crippen LogP contribution is 2.21. The Morgan fingerprint density at radius 2 is 2.16 bits per heavy atom. The fourth-order valence-corrected chi connectivity index (χ4v) is 2.99. The van der Waals surface area contributed by atoms with Gasteiger partial charge in [0, 0.05) is 26.3 Å². The van der Waals surface area contributed by atoms with Gasteiger partial charge in [-0.2, -0.15) is 5.10 Å². The van der Waals surface area contributed by atoms with Crippen LogP contribution >= 0.6 is 0 Å². The number of anilines is 1. The molecule has 2 aromatic rings. The van der Waals surface area contributed by atoms with Crippen molar-refractivity contribution in [2.75, 3.05) is 25.1 Å². The van der Waals surface area contributed by atoms with E-state index in [0.717, 1.165) is 30.0 Å². The van der Waals surface area contributed by atoms with Crippen molar-refractivity contribution < 1.29 is 9.53 Å². The highest BCUT2D eigenvalue weighted by molar-refractivity contribution is 5.99. The zero-order chi connectivity index (χ0) is 17.8. The maximum Gasteiger partial charge on any atom is 0.244 e. The summed E-state index contributed by atoms with van der Waals surface area (Å²) in [4.78, 5) is 14.3. The van der Waals surface area contributed by atoms with E-state index in [9.17, 15) is 4.79 Å². The molecule has 6 heteroatoms. The van der Waals surface area contributed by atoms with Crippen molar-refractivity contribution in [3.63, 3.8) is 0 Å². The van der Waals surface area contributed by atoms with E-state index < -0.39 is 0 Å². The van der Waals surface area contributed by atoms with Gasteiger partial charge in [-0.1, -0.05) is 23.8 Å². The largest absolute Gasteiger partial charge is 0.497 e. The van der Waals surface area contributed by atoms with E-state index in [-0.39, 0.29) is 11.9 Å². The number of amides is 1. The Bertz CT molecular complexity index is 764. The van der Waals surface area contributed by atoms with Crippen LogP contribution in [0.25, 0.3) is 6.08 Å². The number of hydrogen-bond acceptors (Lipinski definition) is 4. The van der Waals surface area contributed by atoms with Crippen molar-refractivity contribution >= 4 is 17.7 Å². The van der Waals surface area contributed by atoms with Gasteiger partial charge in [0.1, 0.15) is 5.75 Å². The highest BCUT2D eigenvalue weighted by atomic mass is 16.5. The third-order valence-electron chi connectivity index (χ3n) is 4.36. The number of ether oxygens (including phenoxy) is 1. The summed E-state index contributed by atoms with van der Waals surface area (Å²) in [5.41, 5.74) is 3.16. The lowest BCUT2D eigenvalue weighted by molar-refractivity contribution is -0.118. The molecule has 0 aliphatic carbocycles. The molecule has 6 nitrogen and oxygen atoms in total. The van der Waals surface area contributed by atoms with E-state index in [1.807, 2.05) is 37.5 Å². The first-order valence-electron chi connectivity index (χ1n) is 8.41. The monoisotopic (exact) mass is 340 g/mol. The summed E-state index contributed by atoms with van der Waals surface area (Å²) in [7, 11) is 3.51. The van der Waals surface area contributed by atoms with Crippen LogP contribution in [-0.2, 0) is 11.8 Å². The Kier molecular flexibility index (Phi) is 5.19. The van der Waals surface area contributed by atoms with Crippen LogP contribution in [0.1, 0.15) is 18.9 Å². The smallest absolute Gasteiger partial charge is 0.244 e. The van der Waals surface area contributed by atoms with Gasteiger partial charge in [-0.05, 0) is 31.0 Å². The topological polar surface area (TPSA) is 59.4 Å². The lowest BCUT2D eigenvalue weighted by Crippen LogP contribution is -2.38. The second kappa shape index (κ2) is 7.53. The molecule has 132 valence electrons. The van der Waals surface area contributed by atoms with Crippen LogP contribution in [0.5, 0.6) is 5.75 Å². The lowest BCUT2D eigenvalue weighted by atomic mass is 10.1. The highest BCUT2D eigenvalue weighted by Gasteiger charge is 2.32. The van der Waals surface area contributed by atoms with Crippen LogP contribution < -0.4 is 15.0 Å². The molecule has 1 saturated heterocycles. The average Bonchev–Trinajstić information content (AvgIpc) is 3.19. The van der Waals surface area contributed by atoms with Crippen LogP contribution in [0.3, 0.4) is 0 Å². The summed E-state index contributed by atoms with van der Waals surface area (Å²) < 4.78 is 6.88. The number of nitrogens with zero attached hydrogens (tertiary/aromatic N) is 3. The van der Waals surface area contributed by atoms with E-state index in [0.29, 0.717) is 6.54 Å². The normalized spacial score (nSPS) is 18.0. The molecule has 0 bridgehead atoms. The number of aryl methyl sites for hydroxylation is 1. The molecule has 1 aliphatic heterocycles. The standard InChI is InChI=1S/C19H24N4O2/c1-14(10-15-4-6-17(25-3)7-5-15)11-20-18-8-9-23(19(18)24)16-12-21-22(2)13-16/h4-7,10,12-13,18,20H,8-9,11H2,1-3H3/b14-10-. The molecule has 2 heterocycles. The van der Waals surface area contributed by atoms with E-state index in [1.165, 1.54) is 5.57 Å².